The van der Waals surface area contributed by atoms with E-state index < -0.39 is 33.7 Å². The van der Waals surface area contributed by atoms with Crippen LogP contribution in [-0.4, -0.2) is 53.6 Å². The molecule has 40 heavy (non-hydrogen) atoms. The Balaban J connectivity index is 0.000000559. The first-order valence-electron chi connectivity index (χ1n) is 12.1. The molecule has 1 saturated heterocycles. The van der Waals surface area contributed by atoms with Gasteiger partial charge in [-0.3, -0.25) is 4.90 Å². The molecule has 8 nitrogen and oxygen atoms in total. The normalized spacial score (nSPS) is 13.9. The number of sulfone groups is 1. The van der Waals surface area contributed by atoms with Gasteiger partial charge in [0.05, 0.1) is 22.8 Å². The van der Waals surface area contributed by atoms with Gasteiger partial charge in [0.25, 0.3) is 0 Å². The number of alkyl halides is 3. The van der Waals surface area contributed by atoms with Crippen LogP contribution in [0.1, 0.15) is 35.4 Å². The number of aryl methyl sites for hydroxylation is 1. The molecular weight excluding hydrogens is 559 g/mol. The number of anilines is 1. The second-order valence-electron chi connectivity index (χ2n) is 9.01. The molecule has 1 aliphatic heterocycles. The number of hydrogen-bond donors (Lipinski definition) is 2. The minimum Gasteiger partial charge on any atom is -0.475 e. The number of aromatic nitrogens is 2. The molecular formula is C26H27F5N4O4S. The molecule has 0 amide bonds. The number of halogens is 5. The maximum absolute atomic E-state index is 14.6. The molecule has 0 spiro atoms. The number of carboxylic acids is 1. The second-order valence-corrected chi connectivity index (χ2v) is 10.9. The summed E-state index contributed by atoms with van der Waals surface area (Å²) in [5.41, 5.74) is 2.74. The predicted molar refractivity (Wildman–Crippen MR) is 136 cm³/mol. The Hall–Kier alpha value is -3.65. The van der Waals surface area contributed by atoms with Crippen molar-refractivity contribution in [3.8, 4) is 0 Å². The van der Waals surface area contributed by atoms with Gasteiger partial charge in [0, 0.05) is 18.7 Å². The lowest BCUT2D eigenvalue weighted by molar-refractivity contribution is -0.192. The fraction of sp³-hybridized carbons (Fsp3) is 0.346. The smallest absolute Gasteiger partial charge is 0.475 e. The van der Waals surface area contributed by atoms with E-state index in [1.165, 1.54) is 24.3 Å². The number of nitrogens with one attached hydrogen (secondary N) is 1. The lowest BCUT2D eigenvalue weighted by Crippen LogP contribution is -2.21. The number of aliphatic carboxylic acids is 1. The number of nitrogens with zero attached hydrogens (tertiary/aromatic N) is 3. The van der Waals surface area contributed by atoms with Crippen molar-refractivity contribution < 1.29 is 40.3 Å². The third kappa shape index (κ3) is 8.68. The largest absolute Gasteiger partial charge is 0.490 e. The van der Waals surface area contributed by atoms with E-state index in [9.17, 15) is 30.4 Å². The summed E-state index contributed by atoms with van der Waals surface area (Å²) in [5, 5.41) is 10.2. The van der Waals surface area contributed by atoms with Gasteiger partial charge < -0.3 is 10.4 Å². The number of carbonyl (C=O) groups is 1. The molecule has 1 aliphatic rings. The van der Waals surface area contributed by atoms with E-state index in [-0.39, 0.29) is 23.1 Å². The fourth-order valence-electron chi connectivity index (χ4n) is 4.01. The van der Waals surface area contributed by atoms with E-state index in [2.05, 4.69) is 20.2 Å². The van der Waals surface area contributed by atoms with Gasteiger partial charge in [0.15, 0.2) is 5.03 Å². The Morgan fingerprint density at radius 1 is 1.02 bits per heavy atom. The zero-order valence-corrected chi connectivity index (χ0v) is 22.2. The summed E-state index contributed by atoms with van der Waals surface area (Å²) in [7, 11) is -3.80. The van der Waals surface area contributed by atoms with Crippen molar-refractivity contribution in [1.82, 2.24) is 14.9 Å². The van der Waals surface area contributed by atoms with Gasteiger partial charge >= 0.3 is 12.1 Å². The van der Waals surface area contributed by atoms with Crippen molar-refractivity contribution in [2.45, 2.75) is 49.8 Å². The van der Waals surface area contributed by atoms with E-state index >= 15 is 0 Å². The Morgan fingerprint density at radius 3 is 2.27 bits per heavy atom. The number of pyridine rings is 2. The highest BCUT2D eigenvalue weighted by molar-refractivity contribution is 7.90. The van der Waals surface area contributed by atoms with Crippen LogP contribution < -0.4 is 5.32 Å². The monoisotopic (exact) mass is 586 g/mol. The Labute approximate surface area is 227 Å². The average Bonchev–Trinajstić information content (AvgIpc) is 3.37. The van der Waals surface area contributed by atoms with Gasteiger partial charge in [-0.25, -0.2) is 27.6 Å². The third-order valence-corrected chi connectivity index (χ3v) is 7.54. The molecule has 2 N–H and O–H groups in total. The van der Waals surface area contributed by atoms with Crippen LogP contribution in [-0.2, 0) is 33.5 Å². The lowest BCUT2D eigenvalue weighted by Gasteiger charge is -2.19. The topological polar surface area (TPSA) is 112 Å². The maximum atomic E-state index is 14.6. The van der Waals surface area contributed by atoms with Crippen molar-refractivity contribution in [1.29, 1.82) is 0 Å². The predicted octanol–water partition coefficient (Wildman–Crippen LogP) is 4.88. The second kappa shape index (κ2) is 13.1. The van der Waals surface area contributed by atoms with E-state index in [4.69, 9.17) is 9.90 Å². The van der Waals surface area contributed by atoms with Gasteiger partial charge in [-0.1, -0.05) is 18.2 Å². The maximum Gasteiger partial charge on any atom is 0.490 e. The van der Waals surface area contributed by atoms with E-state index in [1.807, 2.05) is 6.07 Å². The van der Waals surface area contributed by atoms with Crippen molar-refractivity contribution in [3.63, 3.8) is 0 Å². The molecule has 2 aromatic heterocycles. The zero-order valence-electron chi connectivity index (χ0n) is 21.4. The van der Waals surface area contributed by atoms with Gasteiger partial charge in [0.1, 0.15) is 5.82 Å². The fourth-order valence-corrected chi connectivity index (χ4v) is 5.26. The van der Waals surface area contributed by atoms with E-state index in [1.54, 1.807) is 19.1 Å². The summed E-state index contributed by atoms with van der Waals surface area (Å²) in [4.78, 5) is 19.1. The van der Waals surface area contributed by atoms with Gasteiger partial charge in [-0.05, 0) is 68.8 Å². The summed E-state index contributed by atoms with van der Waals surface area (Å²) in [6, 6.07) is 12.2. The average molecular weight is 587 g/mol. The van der Waals surface area contributed by atoms with Crippen molar-refractivity contribution in [3.05, 3.63) is 82.8 Å². The Morgan fingerprint density at radius 2 is 1.68 bits per heavy atom. The summed E-state index contributed by atoms with van der Waals surface area (Å²) < 4.78 is 85.1. The molecule has 0 radical (unpaired) electrons. The highest BCUT2D eigenvalue weighted by atomic mass is 32.2. The first kappa shape index (κ1) is 30.9. The molecule has 0 unspecified atom stereocenters. The Bertz CT molecular complexity index is 1450. The van der Waals surface area contributed by atoms with Gasteiger partial charge in [0.2, 0.25) is 15.8 Å². The molecule has 216 valence electrons. The van der Waals surface area contributed by atoms with E-state index in [0.717, 1.165) is 37.6 Å². The molecule has 4 rings (SSSR count). The van der Waals surface area contributed by atoms with Gasteiger partial charge in [-0.15, -0.1) is 0 Å². The number of benzene rings is 1. The molecule has 3 aromatic rings. The molecule has 0 saturated carbocycles. The van der Waals surface area contributed by atoms with Crippen LogP contribution in [0, 0.1) is 18.7 Å². The van der Waals surface area contributed by atoms with Gasteiger partial charge in [-0.2, -0.15) is 17.6 Å². The first-order chi connectivity index (χ1) is 18.8. The van der Waals surface area contributed by atoms with Crippen LogP contribution in [0.25, 0.3) is 0 Å². The number of carboxylic acid groups (broad SMARTS) is 1. The number of likely N-dealkylation sites (tertiary alicyclic amines) is 1. The minimum absolute atomic E-state index is 0.113. The summed E-state index contributed by atoms with van der Waals surface area (Å²) in [6.45, 7) is 4.70. The van der Waals surface area contributed by atoms with Crippen molar-refractivity contribution in [2.24, 2.45) is 0 Å². The molecule has 0 bridgehead atoms. The summed E-state index contributed by atoms with van der Waals surface area (Å²) in [6.07, 6.45) is -2.75. The number of hydrogen-bond acceptors (Lipinski definition) is 7. The van der Waals surface area contributed by atoms with Crippen LogP contribution in [0.3, 0.4) is 0 Å². The molecule has 14 heteroatoms. The third-order valence-electron chi connectivity index (χ3n) is 6.00. The molecule has 0 atom stereocenters. The Kier molecular flexibility index (Phi) is 10.1. The molecule has 3 heterocycles. The highest BCUT2D eigenvalue weighted by Gasteiger charge is 2.38. The standard InChI is InChI=1S/C24H26F2N4O2S.C2HF3O2/c1-17-22(10-11-24(28-17)33(31,32)16-19-7-5-9-23(26)29-19)27-14-20-18(6-4-8-21(20)25)15-30-12-2-3-13-30;3-2(4,5)1(6)7/h4-11,27H,2-3,12-16H2,1H3;(H,6,7). The van der Waals surface area contributed by atoms with Crippen LogP contribution in [0.2, 0.25) is 0 Å². The number of rotatable bonds is 8. The summed E-state index contributed by atoms with van der Waals surface area (Å²) >= 11 is 0. The first-order valence-corrected chi connectivity index (χ1v) is 13.8. The van der Waals surface area contributed by atoms with Crippen LogP contribution in [0.4, 0.5) is 27.6 Å². The van der Waals surface area contributed by atoms with Crippen LogP contribution in [0.15, 0.2) is 53.6 Å². The lowest BCUT2D eigenvalue weighted by atomic mass is 10.1. The SMILES string of the molecule is Cc1nc(S(=O)(=O)Cc2cccc(F)n2)ccc1NCc1c(F)cccc1CN1CCCC1.O=C(O)C(F)(F)F. The van der Waals surface area contributed by atoms with Crippen molar-refractivity contribution >= 4 is 21.5 Å². The molecule has 0 aliphatic carbocycles. The zero-order chi connectivity index (χ0) is 29.5. The molecule has 1 fully saturated rings. The van der Waals surface area contributed by atoms with Crippen LogP contribution >= 0.6 is 0 Å². The van der Waals surface area contributed by atoms with Crippen LogP contribution in [0.5, 0.6) is 0 Å². The summed E-state index contributed by atoms with van der Waals surface area (Å²) in [5.74, 6) is -4.21. The molecule has 1 aromatic carbocycles. The van der Waals surface area contributed by atoms with E-state index in [0.29, 0.717) is 23.5 Å². The quantitative estimate of drug-likeness (QED) is 0.284. The van der Waals surface area contributed by atoms with Crippen molar-refractivity contribution in [2.75, 3.05) is 18.4 Å². The highest BCUT2D eigenvalue weighted by Crippen LogP contribution is 2.23. The minimum atomic E-state index is -5.08.